The molecule has 2 bridgehead atoms. The Balaban J connectivity index is 0.000000183. The van der Waals surface area contributed by atoms with Gasteiger partial charge in [-0.1, -0.05) is 54.6 Å². The maximum absolute atomic E-state index is 12.2. The second kappa shape index (κ2) is 11.7. The molecule has 0 aromatic heterocycles. The maximum Gasteiger partial charge on any atom is 0.312 e. The van der Waals surface area contributed by atoms with Gasteiger partial charge in [0.05, 0.1) is 25.7 Å². The zero-order chi connectivity index (χ0) is 28.4. The van der Waals surface area contributed by atoms with Crippen molar-refractivity contribution in [3.8, 4) is 0 Å². The molecule has 0 aliphatic carbocycles. The SMILES string of the molecule is COC(=O)[C@H]1[C@@H](OCc2ccccc2)C[C@@H]2CC[C@H]1N2C.O=S(=O)(O)c1cccc2c(S(=O)(=O)O)cccc12. The van der Waals surface area contributed by atoms with Gasteiger partial charge in [-0.2, -0.15) is 16.8 Å². The number of hydrogen-bond acceptors (Lipinski definition) is 8. The van der Waals surface area contributed by atoms with Crippen molar-refractivity contribution in [2.45, 2.75) is 53.8 Å². The van der Waals surface area contributed by atoms with Crippen LogP contribution in [-0.2, 0) is 41.1 Å². The average Bonchev–Trinajstić information content (AvgIpc) is 3.13. The van der Waals surface area contributed by atoms with E-state index in [2.05, 4.69) is 24.1 Å². The van der Waals surface area contributed by atoms with E-state index in [1.54, 1.807) is 0 Å². The zero-order valence-electron chi connectivity index (χ0n) is 21.5. The molecule has 3 aromatic carbocycles. The van der Waals surface area contributed by atoms with Crippen molar-refractivity contribution in [1.29, 1.82) is 0 Å². The number of hydrogen-bond donors (Lipinski definition) is 2. The minimum Gasteiger partial charge on any atom is -0.469 e. The largest absolute Gasteiger partial charge is 0.469 e. The minimum atomic E-state index is -4.47. The van der Waals surface area contributed by atoms with Crippen molar-refractivity contribution in [2.24, 2.45) is 5.92 Å². The lowest BCUT2D eigenvalue weighted by Crippen LogP contribution is -2.53. The molecule has 0 saturated carbocycles. The number of benzene rings is 3. The van der Waals surface area contributed by atoms with Gasteiger partial charge in [-0.3, -0.25) is 18.8 Å². The first kappa shape index (κ1) is 29.1. The third kappa shape index (κ3) is 6.48. The van der Waals surface area contributed by atoms with Crippen LogP contribution in [0, 0.1) is 5.92 Å². The predicted octanol–water partition coefficient (Wildman–Crippen LogP) is 3.56. The van der Waals surface area contributed by atoms with E-state index in [0.29, 0.717) is 12.6 Å². The van der Waals surface area contributed by atoms with E-state index < -0.39 is 30.0 Å². The number of esters is 1. The highest BCUT2D eigenvalue weighted by Crippen LogP contribution is 2.40. The fraction of sp³-hybridized carbons (Fsp3) is 0.370. The Labute approximate surface area is 228 Å². The van der Waals surface area contributed by atoms with Gasteiger partial charge in [0, 0.05) is 22.9 Å². The number of carbonyl (C=O) groups is 1. The first-order chi connectivity index (χ1) is 18.4. The van der Waals surface area contributed by atoms with Gasteiger partial charge < -0.3 is 9.47 Å². The van der Waals surface area contributed by atoms with Crippen LogP contribution in [0.25, 0.3) is 10.8 Å². The van der Waals surface area contributed by atoms with Crippen molar-refractivity contribution in [1.82, 2.24) is 4.90 Å². The molecule has 3 aromatic rings. The van der Waals surface area contributed by atoms with Crippen LogP contribution < -0.4 is 0 Å². The van der Waals surface area contributed by atoms with E-state index in [0.717, 1.165) is 37.0 Å². The van der Waals surface area contributed by atoms with Crippen molar-refractivity contribution in [3.05, 3.63) is 72.3 Å². The smallest absolute Gasteiger partial charge is 0.312 e. The standard InChI is InChI=1S/C17H23NO3.C10H8O6S2/c1-18-13-8-9-14(18)16(17(19)20-2)15(10-13)21-11-12-6-4-3-5-7-12;11-17(12,13)9-5-1-3-7-8(9)4-2-6-10(7)18(14,15)16/h3-7,13-16H,8-11H2,1-2H3;1-6H,(H,11,12,13)(H,14,15,16)/t13-,14+,15-,16+;/m0./s1. The van der Waals surface area contributed by atoms with Gasteiger partial charge in [0.25, 0.3) is 20.2 Å². The van der Waals surface area contributed by atoms with Crippen molar-refractivity contribution in [3.63, 3.8) is 0 Å². The van der Waals surface area contributed by atoms with E-state index in [1.165, 1.54) is 31.4 Å². The van der Waals surface area contributed by atoms with Crippen LogP contribution in [0.15, 0.2) is 76.5 Å². The van der Waals surface area contributed by atoms with Crippen LogP contribution >= 0.6 is 0 Å². The van der Waals surface area contributed by atoms with Gasteiger partial charge in [0.2, 0.25) is 0 Å². The lowest BCUT2D eigenvalue weighted by atomic mass is 9.87. The van der Waals surface area contributed by atoms with E-state index in [-0.39, 0.29) is 34.8 Å². The van der Waals surface area contributed by atoms with Crippen LogP contribution in [0.5, 0.6) is 0 Å². The predicted molar refractivity (Wildman–Crippen MR) is 143 cm³/mol. The summed E-state index contributed by atoms with van der Waals surface area (Å²) in [4.78, 5) is 13.7. The summed E-state index contributed by atoms with van der Waals surface area (Å²) >= 11 is 0. The van der Waals surface area contributed by atoms with E-state index >= 15 is 0 Å². The Morgan fingerprint density at radius 3 is 1.95 bits per heavy atom. The van der Waals surface area contributed by atoms with Crippen molar-refractivity contribution in [2.75, 3.05) is 14.2 Å². The van der Waals surface area contributed by atoms with Gasteiger partial charge >= 0.3 is 5.97 Å². The van der Waals surface area contributed by atoms with Gasteiger partial charge in [0.1, 0.15) is 9.79 Å². The third-order valence-corrected chi connectivity index (χ3v) is 9.22. The lowest BCUT2D eigenvalue weighted by Gasteiger charge is -2.41. The summed E-state index contributed by atoms with van der Waals surface area (Å²) in [6.07, 6.45) is 3.09. The molecular weight excluding hydrogens is 546 g/mol. The summed E-state index contributed by atoms with van der Waals surface area (Å²) in [7, 11) is -5.35. The molecule has 39 heavy (non-hydrogen) atoms. The molecule has 2 saturated heterocycles. The molecule has 210 valence electrons. The summed E-state index contributed by atoms with van der Waals surface area (Å²) in [6.45, 7) is 0.558. The Kier molecular flexibility index (Phi) is 8.74. The van der Waals surface area contributed by atoms with Crippen LogP contribution in [0.2, 0.25) is 0 Å². The number of methoxy groups -OCH3 is 1. The molecule has 2 aliphatic rings. The summed E-state index contributed by atoms with van der Waals surface area (Å²) in [5.41, 5.74) is 1.15. The average molecular weight is 578 g/mol. The zero-order valence-corrected chi connectivity index (χ0v) is 23.1. The Hall–Kier alpha value is -2.87. The fourth-order valence-corrected chi connectivity index (χ4v) is 6.93. The summed E-state index contributed by atoms with van der Waals surface area (Å²) in [5.74, 6) is -0.298. The molecule has 2 heterocycles. The minimum absolute atomic E-state index is 0.0233. The first-order valence-corrected chi connectivity index (χ1v) is 15.2. The highest BCUT2D eigenvalue weighted by Gasteiger charge is 2.49. The van der Waals surface area contributed by atoms with Gasteiger partial charge in [0.15, 0.2) is 0 Å². The van der Waals surface area contributed by atoms with Gasteiger partial charge in [-0.25, -0.2) is 0 Å². The van der Waals surface area contributed by atoms with Crippen LogP contribution in [0.4, 0.5) is 0 Å². The Morgan fingerprint density at radius 2 is 1.44 bits per heavy atom. The Bertz CT molecular complexity index is 1470. The molecule has 0 unspecified atom stereocenters. The monoisotopic (exact) mass is 577 g/mol. The highest BCUT2D eigenvalue weighted by atomic mass is 32.2. The summed E-state index contributed by atoms with van der Waals surface area (Å²) in [6, 6.07) is 18.4. The fourth-order valence-electron chi connectivity index (χ4n) is 5.52. The molecule has 2 N–H and O–H groups in total. The summed E-state index contributed by atoms with van der Waals surface area (Å²) in [5, 5.41) is 0.0465. The molecule has 5 rings (SSSR count). The van der Waals surface area contributed by atoms with E-state index in [9.17, 15) is 21.6 Å². The number of fused-ring (bicyclic) bond motifs is 3. The molecule has 2 aliphatic heterocycles. The molecule has 10 nitrogen and oxygen atoms in total. The number of ether oxygens (including phenoxy) is 2. The molecule has 4 atom stereocenters. The molecular formula is C27H31NO9S2. The second-order valence-electron chi connectivity index (χ2n) is 9.64. The number of rotatable bonds is 6. The topological polar surface area (TPSA) is 148 Å². The van der Waals surface area contributed by atoms with Gasteiger partial charge in [-0.05, 0) is 44.0 Å². The summed E-state index contributed by atoms with van der Waals surface area (Å²) < 4.78 is 73.8. The number of nitrogens with zero attached hydrogens (tertiary/aromatic N) is 1. The normalized spacial score (nSPS) is 23.2. The lowest BCUT2D eigenvalue weighted by molar-refractivity contribution is -0.160. The van der Waals surface area contributed by atoms with Crippen LogP contribution in [0.1, 0.15) is 24.8 Å². The second-order valence-corrected chi connectivity index (χ2v) is 12.4. The molecule has 0 spiro atoms. The molecule has 2 fully saturated rings. The van der Waals surface area contributed by atoms with Crippen molar-refractivity contribution >= 4 is 37.0 Å². The third-order valence-electron chi connectivity index (χ3n) is 7.39. The molecule has 12 heteroatoms. The molecule has 0 radical (unpaired) electrons. The van der Waals surface area contributed by atoms with Crippen LogP contribution in [0.3, 0.4) is 0 Å². The van der Waals surface area contributed by atoms with Crippen molar-refractivity contribution < 1.29 is 40.2 Å². The number of carbonyl (C=O) groups excluding carboxylic acids is 1. The Morgan fingerprint density at radius 1 is 0.872 bits per heavy atom. The number of piperidine rings is 1. The quantitative estimate of drug-likeness (QED) is 0.329. The highest BCUT2D eigenvalue weighted by molar-refractivity contribution is 7.86. The van der Waals surface area contributed by atoms with E-state index in [1.807, 2.05) is 18.2 Å². The first-order valence-electron chi connectivity index (χ1n) is 12.3. The molecule has 0 amide bonds. The van der Waals surface area contributed by atoms with Crippen LogP contribution in [-0.4, -0.2) is 69.2 Å². The van der Waals surface area contributed by atoms with E-state index in [4.69, 9.17) is 18.6 Å². The maximum atomic E-state index is 12.2. The van der Waals surface area contributed by atoms with Gasteiger partial charge in [-0.15, -0.1) is 0 Å².